The van der Waals surface area contributed by atoms with Crippen LogP contribution in [0, 0.1) is 12.8 Å². The Morgan fingerprint density at radius 1 is 1.67 bits per heavy atom. The Morgan fingerprint density at radius 2 is 2.17 bits per heavy atom. The van der Waals surface area contributed by atoms with E-state index in [0.717, 1.165) is 0 Å². The molecule has 0 heterocycles. The maximum absolute atomic E-state index is 3.83. The summed E-state index contributed by atoms with van der Waals surface area (Å²) in [5.74, 6) is 0.648. The van der Waals surface area contributed by atoms with Gasteiger partial charge in [0.25, 0.3) is 0 Å². The van der Waals surface area contributed by atoms with E-state index < -0.39 is 0 Å². The average molecular weight is 85.2 g/mol. The van der Waals surface area contributed by atoms with E-state index in [-0.39, 0.29) is 0 Å². The molecule has 0 spiro atoms. The molecule has 1 atom stereocenters. The summed E-state index contributed by atoms with van der Waals surface area (Å²) in [6.45, 7) is 8.15. The van der Waals surface area contributed by atoms with Crippen molar-refractivity contribution in [2.45, 2.75) is 26.7 Å². The van der Waals surface area contributed by atoms with Gasteiger partial charge in [0.05, 0.1) is 0 Å². The molecule has 1 radical (unpaired) electrons. The second-order valence-electron chi connectivity index (χ2n) is 1.89. The minimum atomic E-state index is 0.648. The predicted octanol–water partition coefficient (Wildman–Crippen LogP) is 2.26. The van der Waals surface area contributed by atoms with Crippen molar-refractivity contribution in [1.82, 2.24) is 0 Å². The van der Waals surface area contributed by atoms with Crippen LogP contribution in [0.1, 0.15) is 26.7 Å². The SMILES string of the molecule is [CH2]C(C)CCC. The lowest BCUT2D eigenvalue weighted by Gasteiger charge is -1.95. The molecule has 0 aliphatic rings. The van der Waals surface area contributed by atoms with Crippen LogP contribution in [0.5, 0.6) is 0 Å². The van der Waals surface area contributed by atoms with Gasteiger partial charge in [-0.15, -0.1) is 0 Å². The largest absolute Gasteiger partial charge is 0.0654 e. The maximum Gasteiger partial charge on any atom is -0.0443 e. The summed E-state index contributed by atoms with van der Waals surface area (Å²) in [6.07, 6.45) is 2.53. The second-order valence-corrected chi connectivity index (χ2v) is 1.89. The van der Waals surface area contributed by atoms with Gasteiger partial charge in [-0.3, -0.25) is 0 Å². The molecule has 0 aromatic carbocycles. The third-order valence-electron chi connectivity index (χ3n) is 0.781. The van der Waals surface area contributed by atoms with Crippen molar-refractivity contribution in [1.29, 1.82) is 0 Å². The van der Waals surface area contributed by atoms with E-state index in [4.69, 9.17) is 0 Å². The molecule has 0 amide bonds. The first-order valence-electron chi connectivity index (χ1n) is 2.60. The van der Waals surface area contributed by atoms with Gasteiger partial charge < -0.3 is 0 Å². The van der Waals surface area contributed by atoms with Gasteiger partial charge in [-0.1, -0.05) is 33.6 Å². The van der Waals surface area contributed by atoms with Gasteiger partial charge in [0.1, 0.15) is 0 Å². The van der Waals surface area contributed by atoms with Gasteiger partial charge in [0, 0.05) is 0 Å². The van der Waals surface area contributed by atoms with Crippen LogP contribution in [0.25, 0.3) is 0 Å². The van der Waals surface area contributed by atoms with E-state index in [9.17, 15) is 0 Å². The van der Waals surface area contributed by atoms with E-state index in [0.29, 0.717) is 5.92 Å². The fourth-order valence-corrected chi connectivity index (χ4v) is 0.493. The number of hydrogen-bond donors (Lipinski definition) is 0. The first-order chi connectivity index (χ1) is 2.77. The van der Waals surface area contributed by atoms with Crippen LogP contribution in [-0.2, 0) is 0 Å². The molecule has 6 heavy (non-hydrogen) atoms. The highest BCUT2D eigenvalue weighted by atomic mass is 13.9. The van der Waals surface area contributed by atoms with E-state index in [1.165, 1.54) is 12.8 Å². The van der Waals surface area contributed by atoms with Crippen LogP contribution in [0.15, 0.2) is 0 Å². The predicted molar refractivity (Wildman–Crippen MR) is 29.4 cm³/mol. The molecule has 0 aromatic rings. The normalized spacial score (nSPS) is 10.0. The monoisotopic (exact) mass is 85.1 g/mol. The van der Waals surface area contributed by atoms with E-state index in [2.05, 4.69) is 20.8 Å². The van der Waals surface area contributed by atoms with Crippen molar-refractivity contribution in [3.05, 3.63) is 6.92 Å². The second kappa shape index (κ2) is 3.20. The smallest absolute Gasteiger partial charge is 0.0443 e. The average Bonchev–Trinajstić information content (AvgIpc) is 1.35. The Hall–Kier alpha value is 0. The molecular weight excluding hydrogens is 72.1 g/mol. The van der Waals surface area contributed by atoms with Gasteiger partial charge in [0.2, 0.25) is 0 Å². The van der Waals surface area contributed by atoms with Gasteiger partial charge in [-0.25, -0.2) is 0 Å². The maximum atomic E-state index is 3.83. The standard InChI is InChI=1S/C6H13/c1-4-5-6(2)3/h6H,2,4-5H2,1,3H3. The minimum absolute atomic E-state index is 0.648. The third kappa shape index (κ3) is 4.00. The molecule has 0 rings (SSSR count). The molecule has 0 nitrogen and oxygen atoms in total. The zero-order valence-electron chi connectivity index (χ0n) is 4.70. The van der Waals surface area contributed by atoms with Crippen molar-refractivity contribution < 1.29 is 0 Å². The lowest BCUT2D eigenvalue weighted by molar-refractivity contribution is 0.630. The molecule has 37 valence electrons. The molecule has 0 aliphatic heterocycles. The first kappa shape index (κ1) is 6.00. The minimum Gasteiger partial charge on any atom is -0.0654 e. The lowest BCUT2D eigenvalue weighted by atomic mass is 10.1. The van der Waals surface area contributed by atoms with E-state index in [1.54, 1.807) is 0 Å². The Morgan fingerprint density at radius 3 is 2.17 bits per heavy atom. The Balaban J connectivity index is 2.63. The van der Waals surface area contributed by atoms with Crippen molar-refractivity contribution in [2.24, 2.45) is 5.92 Å². The fourth-order valence-electron chi connectivity index (χ4n) is 0.493. The van der Waals surface area contributed by atoms with E-state index >= 15 is 0 Å². The fraction of sp³-hybridized carbons (Fsp3) is 0.833. The molecular formula is C6H13. The van der Waals surface area contributed by atoms with Gasteiger partial charge in [-0.05, 0) is 5.92 Å². The summed E-state index contributed by atoms with van der Waals surface area (Å²) < 4.78 is 0. The van der Waals surface area contributed by atoms with Crippen molar-refractivity contribution in [3.63, 3.8) is 0 Å². The summed E-state index contributed by atoms with van der Waals surface area (Å²) in [7, 11) is 0. The number of hydrogen-bond acceptors (Lipinski definition) is 0. The van der Waals surface area contributed by atoms with Gasteiger partial charge in [0.15, 0.2) is 0 Å². The van der Waals surface area contributed by atoms with Crippen LogP contribution in [-0.4, -0.2) is 0 Å². The Bertz CT molecular complexity index is 21.2. The Kier molecular flexibility index (Phi) is 3.20. The molecule has 1 unspecified atom stereocenters. The van der Waals surface area contributed by atoms with Crippen molar-refractivity contribution in [2.75, 3.05) is 0 Å². The van der Waals surface area contributed by atoms with Crippen LogP contribution >= 0.6 is 0 Å². The summed E-state index contributed by atoms with van der Waals surface area (Å²) >= 11 is 0. The molecule has 0 N–H and O–H groups in total. The quantitative estimate of drug-likeness (QED) is 0.482. The first-order valence-corrected chi connectivity index (χ1v) is 2.60. The third-order valence-corrected chi connectivity index (χ3v) is 0.781. The highest BCUT2D eigenvalue weighted by Crippen LogP contribution is 1.99. The summed E-state index contributed by atoms with van der Waals surface area (Å²) in [5, 5.41) is 0. The molecule has 0 heteroatoms. The van der Waals surface area contributed by atoms with Crippen molar-refractivity contribution >= 4 is 0 Å². The van der Waals surface area contributed by atoms with Crippen molar-refractivity contribution in [3.8, 4) is 0 Å². The van der Waals surface area contributed by atoms with E-state index in [1.807, 2.05) is 0 Å². The van der Waals surface area contributed by atoms with Crippen LogP contribution in [0.4, 0.5) is 0 Å². The highest BCUT2D eigenvalue weighted by molar-refractivity contribution is 4.50. The molecule has 0 saturated heterocycles. The Labute approximate surface area is 40.6 Å². The molecule has 0 saturated carbocycles. The topological polar surface area (TPSA) is 0 Å². The molecule has 0 aliphatic carbocycles. The summed E-state index contributed by atoms with van der Waals surface area (Å²) in [4.78, 5) is 0. The van der Waals surface area contributed by atoms with Crippen LogP contribution in [0.3, 0.4) is 0 Å². The van der Waals surface area contributed by atoms with Gasteiger partial charge in [-0.2, -0.15) is 0 Å². The number of rotatable bonds is 2. The van der Waals surface area contributed by atoms with Crippen LogP contribution in [0.2, 0.25) is 0 Å². The summed E-state index contributed by atoms with van der Waals surface area (Å²) in [5.41, 5.74) is 0. The lowest BCUT2D eigenvalue weighted by Crippen LogP contribution is -1.82. The zero-order valence-corrected chi connectivity index (χ0v) is 4.70. The van der Waals surface area contributed by atoms with Gasteiger partial charge >= 0.3 is 0 Å². The zero-order chi connectivity index (χ0) is 4.99. The molecule has 0 aromatic heterocycles. The highest BCUT2D eigenvalue weighted by Gasteiger charge is 1.85. The molecule has 0 fully saturated rings. The van der Waals surface area contributed by atoms with Crippen LogP contribution < -0.4 is 0 Å². The summed E-state index contributed by atoms with van der Waals surface area (Å²) in [6, 6.07) is 0. The molecule has 0 bridgehead atoms.